The number of phenolic OH excluding ortho intramolecular Hbond substituents is 1. The highest BCUT2D eigenvalue weighted by molar-refractivity contribution is 5.92. The van der Waals surface area contributed by atoms with Gasteiger partial charge in [-0.1, -0.05) is 44.5 Å². The van der Waals surface area contributed by atoms with Crippen LogP contribution in [0.15, 0.2) is 36.4 Å². The Kier molecular flexibility index (Phi) is 4.67. The van der Waals surface area contributed by atoms with E-state index in [0.29, 0.717) is 5.75 Å². The summed E-state index contributed by atoms with van der Waals surface area (Å²) in [5.41, 5.74) is 0. The van der Waals surface area contributed by atoms with Gasteiger partial charge in [0.2, 0.25) is 0 Å². The van der Waals surface area contributed by atoms with Gasteiger partial charge in [0.1, 0.15) is 11.5 Å². The Bertz CT molecular complexity index is 534. The van der Waals surface area contributed by atoms with Gasteiger partial charge < -0.3 is 9.84 Å². The summed E-state index contributed by atoms with van der Waals surface area (Å²) in [6.07, 6.45) is 3.50. The van der Waals surface area contributed by atoms with Gasteiger partial charge in [-0.15, -0.1) is 0 Å². The van der Waals surface area contributed by atoms with Gasteiger partial charge in [-0.2, -0.15) is 0 Å². The minimum absolute atomic E-state index is 0.308. The Morgan fingerprint density at radius 2 is 1.84 bits per heavy atom. The third kappa shape index (κ3) is 3.40. The van der Waals surface area contributed by atoms with Crippen LogP contribution in [0.25, 0.3) is 10.8 Å². The zero-order valence-electron chi connectivity index (χ0n) is 11.7. The fraction of sp³-hybridized carbons (Fsp3) is 0.412. The monoisotopic (exact) mass is 258 g/mol. The van der Waals surface area contributed by atoms with Crippen LogP contribution in [0, 0.1) is 5.92 Å². The molecule has 0 aliphatic carbocycles. The van der Waals surface area contributed by atoms with Gasteiger partial charge in [0.15, 0.2) is 0 Å². The molecular weight excluding hydrogens is 236 g/mol. The predicted octanol–water partition coefficient (Wildman–Crippen LogP) is 4.75. The fourth-order valence-electron chi connectivity index (χ4n) is 2.20. The second-order valence-electron chi connectivity index (χ2n) is 5.13. The smallest absolute Gasteiger partial charge is 0.127 e. The van der Waals surface area contributed by atoms with Crippen molar-refractivity contribution >= 4 is 10.8 Å². The van der Waals surface area contributed by atoms with Crippen molar-refractivity contribution in [2.24, 2.45) is 5.92 Å². The summed E-state index contributed by atoms with van der Waals surface area (Å²) in [5.74, 6) is 1.93. The van der Waals surface area contributed by atoms with Crippen molar-refractivity contribution in [3.05, 3.63) is 36.4 Å². The van der Waals surface area contributed by atoms with Crippen LogP contribution in [0.2, 0.25) is 0 Å². The molecule has 2 aromatic carbocycles. The average molecular weight is 258 g/mol. The van der Waals surface area contributed by atoms with E-state index in [1.54, 1.807) is 6.07 Å². The molecule has 0 radical (unpaired) electrons. The van der Waals surface area contributed by atoms with Crippen molar-refractivity contribution < 1.29 is 9.84 Å². The van der Waals surface area contributed by atoms with E-state index in [0.717, 1.165) is 35.5 Å². The fourth-order valence-corrected chi connectivity index (χ4v) is 2.20. The van der Waals surface area contributed by atoms with Gasteiger partial charge in [0.05, 0.1) is 6.61 Å². The molecule has 102 valence electrons. The van der Waals surface area contributed by atoms with E-state index in [9.17, 15) is 5.11 Å². The molecule has 1 N–H and O–H groups in total. The number of aromatic hydroxyl groups is 1. The third-order valence-electron chi connectivity index (χ3n) is 3.66. The molecule has 2 nitrogen and oxygen atoms in total. The Morgan fingerprint density at radius 1 is 1.11 bits per heavy atom. The van der Waals surface area contributed by atoms with E-state index in [1.807, 2.05) is 30.3 Å². The highest BCUT2D eigenvalue weighted by Gasteiger charge is 2.06. The van der Waals surface area contributed by atoms with Crippen LogP contribution in [0.3, 0.4) is 0 Å². The van der Waals surface area contributed by atoms with Crippen LogP contribution >= 0.6 is 0 Å². The van der Waals surface area contributed by atoms with Gasteiger partial charge in [-0.3, -0.25) is 0 Å². The minimum Gasteiger partial charge on any atom is -0.507 e. The SMILES string of the molecule is CCC(C)CCCOc1ccc(O)c2ccccc12. The van der Waals surface area contributed by atoms with Crippen LogP contribution in [-0.4, -0.2) is 11.7 Å². The molecule has 19 heavy (non-hydrogen) atoms. The molecule has 0 aromatic heterocycles. The Morgan fingerprint density at radius 3 is 2.58 bits per heavy atom. The number of ether oxygens (including phenoxy) is 1. The molecule has 0 aliphatic heterocycles. The van der Waals surface area contributed by atoms with Crippen molar-refractivity contribution in [1.29, 1.82) is 0 Å². The quantitative estimate of drug-likeness (QED) is 0.758. The number of rotatable bonds is 6. The Hall–Kier alpha value is -1.70. The van der Waals surface area contributed by atoms with E-state index in [-0.39, 0.29) is 0 Å². The summed E-state index contributed by atoms with van der Waals surface area (Å²) in [6.45, 7) is 5.23. The summed E-state index contributed by atoms with van der Waals surface area (Å²) < 4.78 is 5.86. The molecule has 1 unspecified atom stereocenters. The standard InChI is InChI=1S/C17H22O2/c1-3-13(2)7-6-12-19-17-11-10-16(18)14-8-4-5-9-15(14)17/h4-5,8-11,13,18H,3,6-7,12H2,1-2H3. The molecule has 0 spiro atoms. The summed E-state index contributed by atoms with van der Waals surface area (Å²) in [6, 6.07) is 11.3. The van der Waals surface area contributed by atoms with Crippen molar-refractivity contribution in [1.82, 2.24) is 0 Å². The number of benzene rings is 2. The van der Waals surface area contributed by atoms with E-state index >= 15 is 0 Å². The summed E-state index contributed by atoms with van der Waals surface area (Å²) in [7, 11) is 0. The van der Waals surface area contributed by atoms with Gasteiger partial charge in [-0.25, -0.2) is 0 Å². The first-order chi connectivity index (χ1) is 9.22. The number of hydrogen-bond acceptors (Lipinski definition) is 2. The first kappa shape index (κ1) is 13.7. The van der Waals surface area contributed by atoms with Gasteiger partial charge in [0.25, 0.3) is 0 Å². The lowest BCUT2D eigenvalue weighted by Gasteiger charge is -2.12. The van der Waals surface area contributed by atoms with Crippen molar-refractivity contribution in [3.8, 4) is 11.5 Å². The van der Waals surface area contributed by atoms with Gasteiger partial charge >= 0.3 is 0 Å². The lowest BCUT2D eigenvalue weighted by molar-refractivity contribution is 0.296. The molecule has 0 saturated carbocycles. The summed E-state index contributed by atoms with van der Waals surface area (Å²) in [5, 5.41) is 11.6. The zero-order chi connectivity index (χ0) is 13.7. The Labute approximate surface area is 115 Å². The van der Waals surface area contributed by atoms with Crippen LogP contribution in [0.1, 0.15) is 33.1 Å². The van der Waals surface area contributed by atoms with Crippen molar-refractivity contribution in [2.75, 3.05) is 6.61 Å². The molecule has 0 aliphatic rings. The largest absolute Gasteiger partial charge is 0.507 e. The van der Waals surface area contributed by atoms with E-state index < -0.39 is 0 Å². The lowest BCUT2D eigenvalue weighted by atomic mass is 10.0. The Balaban J connectivity index is 2.03. The second kappa shape index (κ2) is 6.46. The number of hydrogen-bond donors (Lipinski definition) is 1. The van der Waals surface area contributed by atoms with Gasteiger partial charge in [0, 0.05) is 10.8 Å². The van der Waals surface area contributed by atoms with E-state index in [1.165, 1.54) is 12.8 Å². The maximum Gasteiger partial charge on any atom is 0.127 e. The first-order valence-electron chi connectivity index (χ1n) is 7.06. The predicted molar refractivity (Wildman–Crippen MR) is 79.8 cm³/mol. The molecule has 0 heterocycles. The lowest BCUT2D eigenvalue weighted by Crippen LogP contribution is -2.01. The molecule has 0 amide bonds. The molecule has 2 heteroatoms. The first-order valence-corrected chi connectivity index (χ1v) is 7.06. The van der Waals surface area contributed by atoms with Crippen molar-refractivity contribution in [3.63, 3.8) is 0 Å². The molecule has 0 fully saturated rings. The van der Waals surface area contributed by atoms with Crippen molar-refractivity contribution in [2.45, 2.75) is 33.1 Å². The molecular formula is C17H22O2. The molecule has 0 saturated heterocycles. The number of phenols is 1. The van der Waals surface area contributed by atoms with Crippen LogP contribution in [0.4, 0.5) is 0 Å². The molecule has 0 bridgehead atoms. The molecule has 2 aromatic rings. The highest BCUT2D eigenvalue weighted by atomic mass is 16.5. The highest BCUT2D eigenvalue weighted by Crippen LogP contribution is 2.32. The average Bonchev–Trinajstić information content (AvgIpc) is 2.45. The normalized spacial score (nSPS) is 12.5. The maximum absolute atomic E-state index is 9.82. The maximum atomic E-state index is 9.82. The third-order valence-corrected chi connectivity index (χ3v) is 3.66. The van der Waals surface area contributed by atoms with E-state index in [4.69, 9.17) is 4.74 Å². The van der Waals surface area contributed by atoms with E-state index in [2.05, 4.69) is 13.8 Å². The molecule has 2 rings (SSSR count). The second-order valence-corrected chi connectivity index (χ2v) is 5.13. The number of fused-ring (bicyclic) bond motifs is 1. The summed E-state index contributed by atoms with van der Waals surface area (Å²) >= 11 is 0. The van der Waals surface area contributed by atoms with Crippen LogP contribution in [-0.2, 0) is 0 Å². The zero-order valence-corrected chi connectivity index (χ0v) is 11.7. The van der Waals surface area contributed by atoms with Crippen LogP contribution < -0.4 is 4.74 Å². The summed E-state index contributed by atoms with van der Waals surface area (Å²) in [4.78, 5) is 0. The minimum atomic E-state index is 0.308. The topological polar surface area (TPSA) is 29.5 Å². The van der Waals surface area contributed by atoms with Crippen LogP contribution in [0.5, 0.6) is 11.5 Å². The van der Waals surface area contributed by atoms with Gasteiger partial charge in [-0.05, 0) is 30.9 Å². The molecule has 1 atom stereocenters.